The number of rotatable bonds is 5. The number of carbonyl (C=O) groups excluding carboxylic acids is 1. The van der Waals surface area contributed by atoms with Crippen molar-refractivity contribution in [2.24, 2.45) is 7.05 Å². The van der Waals surface area contributed by atoms with Crippen molar-refractivity contribution in [1.82, 2.24) is 19.9 Å². The molecule has 0 aliphatic heterocycles. The normalized spacial score (nSPS) is 11.8. The van der Waals surface area contributed by atoms with Crippen molar-refractivity contribution in [2.45, 2.75) is 6.04 Å². The molecule has 0 fully saturated rings. The smallest absolute Gasteiger partial charge is 0.253 e. The fourth-order valence-electron chi connectivity index (χ4n) is 2.49. The standard InChI is InChI=1S/C18H17FN4O2/c1-23-9-8-20-17(23)16(12-4-3-5-14(19)10-12)22-18(24)13-6-7-15(25-2)21-11-13/h3-11,16H,1-2H3,(H,22,24)/t16-/m1/s1. The number of methoxy groups -OCH3 is 1. The van der Waals surface area contributed by atoms with Crippen LogP contribution in [0.4, 0.5) is 4.39 Å². The van der Waals surface area contributed by atoms with Gasteiger partial charge in [-0.05, 0) is 23.8 Å². The van der Waals surface area contributed by atoms with E-state index in [4.69, 9.17) is 4.74 Å². The van der Waals surface area contributed by atoms with Gasteiger partial charge >= 0.3 is 0 Å². The Bertz CT molecular complexity index is 877. The van der Waals surface area contributed by atoms with E-state index in [1.807, 2.05) is 7.05 Å². The van der Waals surface area contributed by atoms with E-state index in [0.29, 0.717) is 22.8 Å². The number of hydrogen-bond acceptors (Lipinski definition) is 4. The highest BCUT2D eigenvalue weighted by atomic mass is 19.1. The lowest BCUT2D eigenvalue weighted by Gasteiger charge is -2.19. The maximum Gasteiger partial charge on any atom is 0.253 e. The van der Waals surface area contributed by atoms with Gasteiger partial charge in [-0.15, -0.1) is 0 Å². The van der Waals surface area contributed by atoms with Crippen LogP contribution in [0.25, 0.3) is 0 Å². The Morgan fingerprint density at radius 3 is 2.72 bits per heavy atom. The molecule has 0 radical (unpaired) electrons. The van der Waals surface area contributed by atoms with E-state index in [2.05, 4.69) is 15.3 Å². The number of halogens is 1. The highest BCUT2D eigenvalue weighted by molar-refractivity contribution is 5.94. The first kappa shape index (κ1) is 16.6. The van der Waals surface area contributed by atoms with Crippen LogP contribution in [-0.4, -0.2) is 27.6 Å². The molecule has 0 aliphatic carbocycles. The van der Waals surface area contributed by atoms with Gasteiger partial charge < -0.3 is 14.6 Å². The average molecular weight is 340 g/mol. The molecule has 0 unspecified atom stereocenters. The molecule has 6 nitrogen and oxygen atoms in total. The predicted molar refractivity (Wildman–Crippen MR) is 89.7 cm³/mol. The molecule has 0 bridgehead atoms. The van der Waals surface area contributed by atoms with Crippen molar-refractivity contribution >= 4 is 5.91 Å². The minimum absolute atomic E-state index is 0.340. The fraction of sp³-hybridized carbons (Fsp3) is 0.167. The number of hydrogen-bond donors (Lipinski definition) is 1. The highest BCUT2D eigenvalue weighted by Gasteiger charge is 2.22. The molecule has 7 heteroatoms. The largest absolute Gasteiger partial charge is 0.481 e. The third kappa shape index (κ3) is 3.65. The van der Waals surface area contributed by atoms with E-state index in [0.717, 1.165) is 0 Å². The summed E-state index contributed by atoms with van der Waals surface area (Å²) in [7, 11) is 3.32. The maximum absolute atomic E-state index is 13.6. The number of pyridine rings is 1. The van der Waals surface area contributed by atoms with Crippen molar-refractivity contribution in [3.05, 3.63) is 77.8 Å². The summed E-state index contributed by atoms with van der Waals surface area (Å²) >= 11 is 0. The Hall–Kier alpha value is -3.22. The predicted octanol–water partition coefficient (Wildman–Crippen LogP) is 2.48. The van der Waals surface area contributed by atoms with Crippen LogP contribution < -0.4 is 10.1 Å². The lowest BCUT2D eigenvalue weighted by Crippen LogP contribution is -2.31. The van der Waals surface area contributed by atoms with Gasteiger partial charge in [-0.2, -0.15) is 0 Å². The molecule has 0 aliphatic rings. The molecule has 25 heavy (non-hydrogen) atoms. The zero-order chi connectivity index (χ0) is 17.8. The van der Waals surface area contributed by atoms with E-state index in [1.54, 1.807) is 41.2 Å². The summed E-state index contributed by atoms with van der Waals surface area (Å²) in [4.78, 5) is 20.9. The number of nitrogens with one attached hydrogen (secondary N) is 1. The first-order valence-electron chi connectivity index (χ1n) is 7.62. The summed E-state index contributed by atoms with van der Waals surface area (Å²) in [6.07, 6.45) is 4.82. The van der Waals surface area contributed by atoms with Gasteiger partial charge in [0.1, 0.15) is 17.7 Å². The van der Waals surface area contributed by atoms with Crippen LogP contribution in [0.1, 0.15) is 27.8 Å². The Balaban J connectivity index is 1.92. The van der Waals surface area contributed by atoms with E-state index in [1.165, 1.54) is 25.4 Å². The number of imidazole rings is 1. The summed E-state index contributed by atoms with van der Waals surface area (Å²) < 4.78 is 20.4. The number of aromatic nitrogens is 3. The van der Waals surface area contributed by atoms with Crippen LogP contribution in [0.3, 0.4) is 0 Å². The first-order chi connectivity index (χ1) is 12.1. The topological polar surface area (TPSA) is 69.0 Å². The summed E-state index contributed by atoms with van der Waals surface area (Å²) in [6.45, 7) is 0. The molecule has 0 saturated heterocycles. The third-order valence-corrected chi connectivity index (χ3v) is 3.78. The van der Waals surface area contributed by atoms with Crippen LogP contribution in [0.5, 0.6) is 5.88 Å². The van der Waals surface area contributed by atoms with Crippen LogP contribution >= 0.6 is 0 Å². The average Bonchev–Trinajstić information content (AvgIpc) is 3.05. The first-order valence-corrected chi connectivity index (χ1v) is 7.62. The number of nitrogens with zero attached hydrogens (tertiary/aromatic N) is 3. The Kier molecular flexibility index (Phi) is 4.74. The fourth-order valence-corrected chi connectivity index (χ4v) is 2.49. The van der Waals surface area contributed by atoms with Gasteiger partial charge in [-0.25, -0.2) is 14.4 Å². The molecule has 128 valence electrons. The summed E-state index contributed by atoms with van der Waals surface area (Å²) in [5.74, 6) is 0.298. The van der Waals surface area contributed by atoms with Crippen molar-refractivity contribution in [3.63, 3.8) is 0 Å². The molecular weight excluding hydrogens is 323 g/mol. The second-order valence-electron chi connectivity index (χ2n) is 5.45. The molecule has 0 saturated carbocycles. The monoisotopic (exact) mass is 340 g/mol. The molecule has 1 aromatic carbocycles. The summed E-state index contributed by atoms with van der Waals surface area (Å²) in [6, 6.07) is 8.71. The van der Waals surface area contributed by atoms with Crippen LogP contribution in [0, 0.1) is 5.82 Å². The van der Waals surface area contributed by atoms with Crippen LogP contribution in [-0.2, 0) is 7.05 Å². The van der Waals surface area contributed by atoms with E-state index < -0.39 is 6.04 Å². The van der Waals surface area contributed by atoms with Gasteiger partial charge in [-0.3, -0.25) is 4.79 Å². The van der Waals surface area contributed by atoms with Crippen molar-refractivity contribution in [3.8, 4) is 5.88 Å². The number of carbonyl (C=O) groups is 1. The van der Waals surface area contributed by atoms with Gasteiger partial charge in [0.15, 0.2) is 0 Å². The zero-order valence-corrected chi connectivity index (χ0v) is 13.8. The van der Waals surface area contributed by atoms with Gasteiger partial charge in [-0.1, -0.05) is 12.1 Å². The summed E-state index contributed by atoms with van der Waals surface area (Å²) in [5, 5.41) is 2.89. The van der Waals surface area contributed by atoms with Crippen LogP contribution in [0.15, 0.2) is 55.0 Å². The Morgan fingerprint density at radius 1 is 1.28 bits per heavy atom. The van der Waals surface area contributed by atoms with Crippen molar-refractivity contribution < 1.29 is 13.9 Å². The van der Waals surface area contributed by atoms with Crippen LogP contribution in [0.2, 0.25) is 0 Å². The number of ether oxygens (including phenoxy) is 1. The molecule has 1 amide bonds. The van der Waals surface area contributed by atoms with E-state index in [-0.39, 0.29) is 11.7 Å². The summed E-state index contributed by atoms with van der Waals surface area (Å²) in [5.41, 5.74) is 0.973. The molecule has 1 N–H and O–H groups in total. The molecule has 3 rings (SSSR count). The molecular formula is C18H17FN4O2. The van der Waals surface area contributed by atoms with Gasteiger partial charge in [0.05, 0.1) is 12.7 Å². The van der Waals surface area contributed by atoms with Gasteiger partial charge in [0, 0.05) is 31.7 Å². The number of amides is 1. The van der Waals surface area contributed by atoms with E-state index >= 15 is 0 Å². The minimum atomic E-state index is -0.592. The highest BCUT2D eigenvalue weighted by Crippen LogP contribution is 2.22. The Morgan fingerprint density at radius 2 is 2.12 bits per heavy atom. The van der Waals surface area contributed by atoms with Gasteiger partial charge in [0.2, 0.25) is 5.88 Å². The SMILES string of the molecule is COc1ccc(C(=O)N[C@H](c2cccc(F)c2)c2nccn2C)cn1. The Labute approximate surface area is 144 Å². The lowest BCUT2D eigenvalue weighted by atomic mass is 10.1. The lowest BCUT2D eigenvalue weighted by molar-refractivity contribution is 0.0940. The molecule has 0 spiro atoms. The number of aryl methyl sites for hydroxylation is 1. The third-order valence-electron chi connectivity index (χ3n) is 3.78. The van der Waals surface area contributed by atoms with Gasteiger partial charge in [0.25, 0.3) is 5.91 Å². The second kappa shape index (κ2) is 7.12. The quantitative estimate of drug-likeness (QED) is 0.775. The molecule has 2 aromatic heterocycles. The van der Waals surface area contributed by atoms with Crippen molar-refractivity contribution in [2.75, 3.05) is 7.11 Å². The van der Waals surface area contributed by atoms with Crippen molar-refractivity contribution in [1.29, 1.82) is 0 Å². The maximum atomic E-state index is 13.6. The molecule has 3 aromatic rings. The zero-order valence-electron chi connectivity index (χ0n) is 13.8. The second-order valence-corrected chi connectivity index (χ2v) is 5.45. The minimum Gasteiger partial charge on any atom is -0.481 e. The molecule has 1 atom stereocenters. The number of benzene rings is 1. The molecule has 2 heterocycles. The van der Waals surface area contributed by atoms with E-state index in [9.17, 15) is 9.18 Å².